The zero-order chi connectivity index (χ0) is 37.8. The van der Waals surface area contributed by atoms with Gasteiger partial charge in [0, 0.05) is 26.6 Å². The summed E-state index contributed by atoms with van der Waals surface area (Å²) in [6.07, 6.45) is 12.1. The van der Waals surface area contributed by atoms with E-state index in [4.69, 9.17) is 2.86 Å². The van der Waals surface area contributed by atoms with Gasteiger partial charge in [0.05, 0.1) is 20.8 Å². The molecule has 11 nitrogen and oxygen atoms in total. The lowest BCUT2D eigenvalue weighted by Crippen LogP contribution is -2.27. The third kappa shape index (κ3) is 53.8. The van der Waals surface area contributed by atoms with E-state index in [1.165, 1.54) is 39.9 Å². The molecule has 2 amide bonds. The highest BCUT2D eigenvalue weighted by atomic mass is 16.7. The number of rotatable bonds is 20. The van der Waals surface area contributed by atoms with Crippen molar-refractivity contribution in [3.63, 3.8) is 0 Å². The summed E-state index contributed by atoms with van der Waals surface area (Å²) >= 11 is 0. The summed E-state index contributed by atoms with van der Waals surface area (Å²) < 4.78 is 26.1. The molecule has 0 aliphatic rings. The molecule has 0 aliphatic heterocycles. The number of unbranched alkanes of at least 4 members (excludes halogenated alkanes) is 4. The predicted octanol–water partition coefficient (Wildman–Crippen LogP) is 9.47. The quantitative estimate of drug-likeness (QED) is 0.0852. The monoisotopic (exact) mass is 667 g/mol. The number of carbonyl (C=O) groups is 4. The number of carboxylic acids is 1. The first kappa shape index (κ1) is 45.4. The van der Waals surface area contributed by atoms with Gasteiger partial charge in [-0.25, -0.2) is 14.4 Å². The van der Waals surface area contributed by atoms with Crippen LogP contribution in [-0.4, -0.2) is 80.4 Å². The first-order valence-electron chi connectivity index (χ1n) is 18.0. The SMILES string of the molecule is COC(=O)N(C)CCCCCCC(C)C.COC(=O)OCCCC(C)C.[2H]OC(=O)CCCCC(C)C.[2H]OC(=O)NCCCC(C)C. The van der Waals surface area contributed by atoms with E-state index in [0.29, 0.717) is 37.3 Å². The van der Waals surface area contributed by atoms with E-state index in [2.05, 4.69) is 85.1 Å². The second kappa shape index (κ2) is 36.7. The molecular formula is C35H72N2O9. The van der Waals surface area contributed by atoms with Crippen LogP contribution >= 0.6 is 0 Å². The Morgan fingerprint density at radius 2 is 1.17 bits per heavy atom. The number of amides is 2. The van der Waals surface area contributed by atoms with E-state index < -0.39 is 18.2 Å². The molecule has 11 heteroatoms. The minimum absolute atomic E-state index is 0.239. The number of nitrogens with zero attached hydrogens (tertiary/aromatic N) is 1. The fourth-order valence-corrected chi connectivity index (χ4v) is 3.73. The van der Waals surface area contributed by atoms with Crippen molar-refractivity contribution in [3.8, 4) is 0 Å². The number of ether oxygens (including phenoxy) is 3. The van der Waals surface area contributed by atoms with Crippen molar-refractivity contribution < 1.29 is 43.6 Å². The van der Waals surface area contributed by atoms with Crippen molar-refractivity contribution in [2.75, 3.05) is 41.0 Å². The molecule has 0 fully saturated rings. The predicted molar refractivity (Wildman–Crippen MR) is 186 cm³/mol. The Labute approximate surface area is 284 Å². The van der Waals surface area contributed by atoms with Crippen LogP contribution < -0.4 is 5.32 Å². The molecule has 276 valence electrons. The molecule has 0 bridgehead atoms. The molecule has 0 aromatic heterocycles. The van der Waals surface area contributed by atoms with Gasteiger partial charge in [0.15, 0.2) is 0 Å². The van der Waals surface area contributed by atoms with Crippen molar-refractivity contribution in [1.29, 1.82) is 2.86 Å². The topological polar surface area (TPSA) is 152 Å². The molecule has 0 heterocycles. The van der Waals surface area contributed by atoms with Gasteiger partial charge in [-0.1, -0.05) is 93.9 Å². The summed E-state index contributed by atoms with van der Waals surface area (Å²) in [7, 11) is 4.51. The molecule has 0 spiro atoms. The molecule has 0 rings (SSSR count). The van der Waals surface area contributed by atoms with Crippen molar-refractivity contribution in [2.45, 2.75) is 139 Å². The molecule has 0 saturated carbocycles. The van der Waals surface area contributed by atoms with E-state index in [9.17, 15) is 19.2 Å². The molecule has 0 unspecified atom stereocenters. The lowest BCUT2D eigenvalue weighted by molar-refractivity contribution is -0.137. The second-order valence-electron chi connectivity index (χ2n) is 13.1. The van der Waals surface area contributed by atoms with Crippen LogP contribution in [0.3, 0.4) is 0 Å². The molecule has 0 aromatic carbocycles. The largest absolute Gasteiger partial charge is 0.507 e. The molecule has 0 radical (unpaired) electrons. The van der Waals surface area contributed by atoms with Gasteiger partial charge >= 0.3 is 24.3 Å². The zero-order valence-corrected chi connectivity index (χ0v) is 31.2. The number of carbonyl (C=O) groups excluding carboxylic acids is 2. The fraction of sp³-hybridized carbons (Fsp3) is 0.886. The number of carboxylic acid groups (broad SMARTS) is 2. The van der Waals surface area contributed by atoms with Gasteiger partial charge in [0.1, 0.15) is 0 Å². The molecular weight excluding hydrogens is 592 g/mol. The first-order valence-corrected chi connectivity index (χ1v) is 17.1. The standard InChI is InChI=1S/C12H25NO2.C8H16O3.C8H16O2.C7H15NO2/c1-11(2)9-7-5-6-8-10-13(3)12(14)15-4;1-7(2)5-4-6-11-8(9)10-3;1-7(2)5-3-4-6-8(9)10;1-6(2)4-3-5-8-7(9)10/h11H,5-10H2,1-4H3;7H,4-6H2,1-3H3;7H,3-6H2,1-2H3,(H,9,10);6,8H,3-5H2,1-2H3,(H,9,10)/i/hD2. The van der Waals surface area contributed by atoms with Gasteiger partial charge in [0.25, 0.3) is 2.86 Å². The van der Waals surface area contributed by atoms with Crippen LogP contribution in [0.15, 0.2) is 0 Å². The minimum Gasteiger partial charge on any atom is -0.481 e. The van der Waals surface area contributed by atoms with Crippen molar-refractivity contribution in [3.05, 3.63) is 0 Å². The highest BCUT2D eigenvalue weighted by Gasteiger charge is 2.06. The number of hydrogen-bond donors (Lipinski definition) is 3. The molecule has 3 N–H and O–H groups in total. The van der Waals surface area contributed by atoms with Crippen LogP contribution in [0.25, 0.3) is 2.86 Å². The second-order valence-corrected chi connectivity index (χ2v) is 13.1. The van der Waals surface area contributed by atoms with Crippen LogP contribution in [0.2, 0.25) is 0 Å². The Kier molecular flexibility index (Phi) is 36.3. The van der Waals surface area contributed by atoms with E-state index in [0.717, 1.165) is 63.8 Å². The summed E-state index contributed by atoms with van der Waals surface area (Å²) in [5.74, 6) is 2.40. The van der Waals surface area contributed by atoms with E-state index in [-0.39, 0.29) is 6.09 Å². The van der Waals surface area contributed by atoms with Gasteiger partial charge in [-0.05, 0) is 62.2 Å². The van der Waals surface area contributed by atoms with Gasteiger partial charge < -0.3 is 34.6 Å². The summed E-state index contributed by atoms with van der Waals surface area (Å²) in [4.78, 5) is 43.8. The van der Waals surface area contributed by atoms with Crippen molar-refractivity contribution in [2.24, 2.45) is 23.7 Å². The van der Waals surface area contributed by atoms with Gasteiger partial charge in [-0.3, -0.25) is 4.79 Å². The number of aliphatic carboxylic acids is 1. The van der Waals surface area contributed by atoms with E-state index >= 15 is 0 Å². The third-order valence-electron chi connectivity index (χ3n) is 6.46. The summed E-state index contributed by atoms with van der Waals surface area (Å²) in [6.45, 7) is 19.2. The maximum Gasteiger partial charge on any atom is 0.507 e. The van der Waals surface area contributed by atoms with Crippen LogP contribution in [0.5, 0.6) is 0 Å². The van der Waals surface area contributed by atoms with Gasteiger partial charge in [-0.15, -0.1) is 0 Å². The molecule has 0 atom stereocenters. The summed E-state index contributed by atoms with van der Waals surface area (Å²) in [5.41, 5.74) is 0. The Bertz CT molecular complexity index is 689. The van der Waals surface area contributed by atoms with E-state index in [1.807, 2.05) is 0 Å². The highest BCUT2D eigenvalue weighted by molar-refractivity contribution is 5.67. The Hall–Kier alpha value is -2.72. The average molecular weight is 667 g/mol. The lowest BCUT2D eigenvalue weighted by Gasteiger charge is -2.14. The van der Waals surface area contributed by atoms with Crippen molar-refractivity contribution >= 4 is 24.3 Å². The average Bonchev–Trinajstić information content (AvgIpc) is 3.04. The van der Waals surface area contributed by atoms with Crippen molar-refractivity contribution in [1.82, 2.24) is 10.2 Å². The molecule has 0 aromatic rings. The van der Waals surface area contributed by atoms with Crippen LogP contribution in [0, 0.1) is 23.7 Å². The van der Waals surface area contributed by atoms with Crippen LogP contribution in [-0.2, 0) is 19.0 Å². The summed E-state index contributed by atoms with van der Waals surface area (Å²) in [6, 6.07) is 0. The molecule has 0 saturated heterocycles. The number of hydrogen-bond acceptors (Lipinski definition) is 9. The maximum atomic E-state index is 11.0. The number of methoxy groups -OCH3 is 2. The normalized spacial score (nSPS) is 10.6. The van der Waals surface area contributed by atoms with Gasteiger partial charge in [-0.2, -0.15) is 0 Å². The Morgan fingerprint density at radius 1 is 0.674 bits per heavy atom. The lowest BCUT2D eigenvalue weighted by atomic mass is 10.0. The highest BCUT2D eigenvalue weighted by Crippen LogP contribution is 2.10. The summed E-state index contributed by atoms with van der Waals surface area (Å²) in [5, 5.41) is 9.86. The van der Waals surface area contributed by atoms with Crippen LogP contribution in [0.4, 0.5) is 14.4 Å². The zero-order valence-electron chi connectivity index (χ0n) is 33.2. The number of nitrogens with one attached hydrogen (secondary N) is 1. The fourth-order valence-electron chi connectivity index (χ4n) is 3.73. The van der Waals surface area contributed by atoms with Crippen LogP contribution in [0.1, 0.15) is 139 Å². The maximum absolute atomic E-state index is 11.0. The van der Waals surface area contributed by atoms with E-state index in [1.54, 1.807) is 11.9 Å². The Balaban J connectivity index is -0.000000272. The smallest absolute Gasteiger partial charge is 0.481 e. The third-order valence-corrected chi connectivity index (χ3v) is 6.46. The van der Waals surface area contributed by atoms with Gasteiger partial charge in [0.2, 0.25) is 0 Å². The minimum atomic E-state index is -0.672. The Morgan fingerprint density at radius 3 is 1.65 bits per heavy atom. The molecule has 46 heavy (non-hydrogen) atoms. The first-order chi connectivity index (χ1) is 22.6. The molecule has 0 aliphatic carbocycles.